The second-order valence-corrected chi connectivity index (χ2v) is 6.44. The second kappa shape index (κ2) is 6.03. The van der Waals surface area contributed by atoms with Gasteiger partial charge in [-0.3, -0.25) is 10.1 Å². The maximum absolute atomic E-state index is 10.9. The Morgan fingerprint density at radius 1 is 1.38 bits per heavy atom. The summed E-state index contributed by atoms with van der Waals surface area (Å²) in [6, 6.07) is 9.67. The molecule has 0 amide bonds. The molecule has 21 heavy (non-hydrogen) atoms. The summed E-state index contributed by atoms with van der Waals surface area (Å²) in [6.45, 7) is 0.837. The predicted molar refractivity (Wildman–Crippen MR) is 86.2 cm³/mol. The Balaban J connectivity index is 1.93. The van der Waals surface area contributed by atoms with Crippen LogP contribution in [0.2, 0.25) is 0 Å². The van der Waals surface area contributed by atoms with Crippen molar-refractivity contribution in [1.29, 1.82) is 0 Å². The maximum Gasteiger partial charge on any atom is 0.269 e. The van der Waals surface area contributed by atoms with Crippen molar-refractivity contribution in [3.05, 3.63) is 56.3 Å². The number of benzene rings is 1. The number of rotatable bonds is 6. The van der Waals surface area contributed by atoms with Gasteiger partial charge in [-0.05, 0) is 35.9 Å². The van der Waals surface area contributed by atoms with Gasteiger partial charge in [-0.15, -0.1) is 22.9 Å². The van der Waals surface area contributed by atoms with E-state index in [4.69, 9.17) is 11.6 Å². The van der Waals surface area contributed by atoms with E-state index >= 15 is 0 Å². The van der Waals surface area contributed by atoms with Crippen LogP contribution in [-0.4, -0.2) is 11.0 Å². The first-order valence-corrected chi connectivity index (χ1v) is 8.23. The van der Waals surface area contributed by atoms with Crippen LogP contribution >= 0.6 is 22.9 Å². The zero-order valence-corrected chi connectivity index (χ0v) is 12.9. The van der Waals surface area contributed by atoms with Gasteiger partial charge in [-0.2, -0.15) is 0 Å². The standard InChI is InChI=1S/C15H15ClN2O2S/c16-9-11-8-13(18(19)20)5-6-15(11)17(12-3-4-12)10-14-2-1-7-21-14/h1-2,5-8,12H,3-4,9-10H2. The first kappa shape index (κ1) is 14.4. The molecular formula is C15H15ClN2O2S. The van der Waals surface area contributed by atoms with Gasteiger partial charge in [0.15, 0.2) is 0 Å². The second-order valence-electron chi connectivity index (χ2n) is 5.14. The van der Waals surface area contributed by atoms with Crippen molar-refractivity contribution in [2.75, 3.05) is 4.90 Å². The molecule has 1 saturated carbocycles. The Labute approximate surface area is 132 Å². The molecule has 1 fully saturated rings. The highest BCUT2D eigenvalue weighted by atomic mass is 35.5. The van der Waals surface area contributed by atoms with Gasteiger partial charge in [-0.1, -0.05) is 6.07 Å². The summed E-state index contributed by atoms with van der Waals surface area (Å²) in [5, 5.41) is 13.0. The average molecular weight is 323 g/mol. The van der Waals surface area contributed by atoms with E-state index in [1.54, 1.807) is 23.5 Å². The molecule has 3 rings (SSSR count). The fourth-order valence-corrected chi connectivity index (χ4v) is 3.36. The Morgan fingerprint density at radius 2 is 2.19 bits per heavy atom. The molecule has 0 atom stereocenters. The van der Waals surface area contributed by atoms with Crippen molar-refractivity contribution in [1.82, 2.24) is 0 Å². The molecule has 2 aromatic rings. The van der Waals surface area contributed by atoms with E-state index in [0.29, 0.717) is 6.04 Å². The van der Waals surface area contributed by atoms with E-state index in [1.165, 1.54) is 17.7 Å². The quantitative estimate of drug-likeness (QED) is 0.445. The van der Waals surface area contributed by atoms with Gasteiger partial charge < -0.3 is 4.90 Å². The highest BCUT2D eigenvalue weighted by molar-refractivity contribution is 7.09. The van der Waals surface area contributed by atoms with Gasteiger partial charge in [0, 0.05) is 34.6 Å². The fraction of sp³-hybridized carbons (Fsp3) is 0.333. The third-order valence-electron chi connectivity index (χ3n) is 3.62. The number of nitro groups is 1. The molecule has 0 saturated heterocycles. The van der Waals surface area contributed by atoms with E-state index < -0.39 is 0 Å². The summed E-state index contributed by atoms with van der Waals surface area (Å²) in [5.41, 5.74) is 1.95. The lowest BCUT2D eigenvalue weighted by molar-refractivity contribution is -0.384. The Kier molecular flexibility index (Phi) is 4.12. The molecule has 0 aliphatic heterocycles. The van der Waals surface area contributed by atoms with Gasteiger partial charge in [-0.25, -0.2) is 0 Å². The number of nitrogens with zero attached hydrogens (tertiary/aromatic N) is 2. The lowest BCUT2D eigenvalue weighted by Gasteiger charge is -2.26. The SMILES string of the molecule is O=[N+]([O-])c1ccc(N(Cc2cccs2)C2CC2)c(CCl)c1. The van der Waals surface area contributed by atoms with Gasteiger partial charge in [0.2, 0.25) is 0 Å². The van der Waals surface area contributed by atoms with E-state index in [9.17, 15) is 10.1 Å². The summed E-state index contributed by atoms with van der Waals surface area (Å²) < 4.78 is 0. The van der Waals surface area contributed by atoms with E-state index in [2.05, 4.69) is 16.3 Å². The number of non-ortho nitro benzene ring substituents is 1. The van der Waals surface area contributed by atoms with Crippen molar-refractivity contribution >= 4 is 34.3 Å². The van der Waals surface area contributed by atoms with Crippen LogP contribution in [0.15, 0.2) is 35.7 Å². The smallest absolute Gasteiger partial charge is 0.269 e. The number of alkyl halides is 1. The van der Waals surface area contributed by atoms with Gasteiger partial charge in [0.25, 0.3) is 5.69 Å². The van der Waals surface area contributed by atoms with Crippen LogP contribution in [0.5, 0.6) is 0 Å². The molecule has 0 bridgehead atoms. The normalized spacial score (nSPS) is 14.1. The van der Waals surface area contributed by atoms with Gasteiger partial charge in [0.05, 0.1) is 11.5 Å². The molecule has 1 aromatic carbocycles. The minimum atomic E-state index is -0.374. The molecule has 0 N–H and O–H groups in total. The Morgan fingerprint density at radius 3 is 2.76 bits per heavy atom. The summed E-state index contributed by atoms with van der Waals surface area (Å²) in [6.07, 6.45) is 2.34. The Bertz CT molecular complexity index is 641. The van der Waals surface area contributed by atoms with Crippen molar-refractivity contribution in [2.45, 2.75) is 31.3 Å². The lowest BCUT2D eigenvalue weighted by Crippen LogP contribution is -2.25. The number of halogens is 1. The largest absolute Gasteiger partial charge is 0.363 e. The van der Waals surface area contributed by atoms with Gasteiger partial charge >= 0.3 is 0 Å². The summed E-state index contributed by atoms with van der Waals surface area (Å²) in [5.74, 6) is 0.282. The van der Waals surface area contributed by atoms with Crippen LogP contribution in [-0.2, 0) is 12.4 Å². The Hall–Kier alpha value is -1.59. The van der Waals surface area contributed by atoms with Crippen LogP contribution in [0.1, 0.15) is 23.3 Å². The first-order chi connectivity index (χ1) is 10.2. The van der Waals surface area contributed by atoms with Crippen LogP contribution in [0.3, 0.4) is 0 Å². The van der Waals surface area contributed by atoms with Crippen LogP contribution < -0.4 is 4.90 Å². The van der Waals surface area contributed by atoms with E-state index in [1.807, 2.05) is 12.1 Å². The predicted octanol–water partition coefficient (Wildman–Crippen LogP) is 4.56. The van der Waals surface area contributed by atoms with Crippen molar-refractivity contribution in [3.8, 4) is 0 Å². The number of hydrogen-bond acceptors (Lipinski definition) is 4. The highest BCUT2D eigenvalue weighted by Crippen LogP contribution is 2.37. The van der Waals surface area contributed by atoms with E-state index in [-0.39, 0.29) is 16.5 Å². The summed E-state index contributed by atoms with van der Waals surface area (Å²) in [7, 11) is 0. The lowest BCUT2D eigenvalue weighted by atomic mass is 10.1. The zero-order chi connectivity index (χ0) is 14.8. The molecule has 1 aliphatic carbocycles. The molecule has 6 heteroatoms. The van der Waals surface area contributed by atoms with Crippen molar-refractivity contribution in [3.63, 3.8) is 0 Å². The summed E-state index contributed by atoms with van der Waals surface area (Å²) >= 11 is 7.74. The third kappa shape index (κ3) is 3.19. The average Bonchev–Trinajstić information content (AvgIpc) is 3.21. The highest BCUT2D eigenvalue weighted by Gasteiger charge is 2.31. The minimum Gasteiger partial charge on any atom is -0.363 e. The van der Waals surface area contributed by atoms with Crippen molar-refractivity contribution in [2.24, 2.45) is 0 Å². The molecule has 4 nitrogen and oxygen atoms in total. The number of anilines is 1. The molecular weight excluding hydrogens is 308 g/mol. The molecule has 1 aliphatic rings. The molecule has 0 unspecified atom stereocenters. The topological polar surface area (TPSA) is 46.4 Å². The number of hydrogen-bond donors (Lipinski definition) is 0. The van der Waals surface area contributed by atoms with Crippen LogP contribution in [0.25, 0.3) is 0 Å². The third-order valence-corrected chi connectivity index (χ3v) is 4.77. The molecule has 1 aromatic heterocycles. The fourth-order valence-electron chi connectivity index (χ4n) is 2.44. The van der Waals surface area contributed by atoms with Gasteiger partial charge in [0.1, 0.15) is 0 Å². The molecule has 110 valence electrons. The van der Waals surface area contributed by atoms with Crippen molar-refractivity contribution < 1.29 is 4.92 Å². The number of thiophene rings is 1. The first-order valence-electron chi connectivity index (χ1n) is 6.81. The molecule has 1 heterocycles. The number of nitro benzene ring substituents is 1. The minimum absolute atomic E-state index is 0.0984. The monoisotopic (exact) mass is 322 g/mol. The maximum atomic E-state index is 10.9. The molecule has 0 spiro atoms. The van der Waals surface area contributed by atoms with E-state index in [0.717, 1.165) is 17.8 Å². The molecule has 0 radical (unpaired) electrons. The summed E-state index contributed by atoms with van der Waals surface area (Å²) in [4.78, 5) is 14.1. The van der Waals surface area contributed by atoms with Crippen LogP contribution in [0, 0.1) is 10.1 Å². The van der Waals surface area contributed by atoms with Crippen LogP contribution in [0.4, 0.5) is 11.4 Å². The zero-order valence-electron chi connectivity index (χ0n) is 11.4.